The molecule has 2 N–H and O–H groups in total. The van der Waals surface area contributed by atoms with Gasteiger partial charge in [-0.1, -0.05) is 0 Å². The number of carbonyl (C=O) groups excluding carboxylic acids is 1. The molecule has 2 rings (SSSR count). The third kappa shape index (κ3) is 3.54. The fourth-order valence-corrected chi connectivity index (χ4v) is 2.46. The first-order valence-electron chi connectivity index (χ1n) is 6.62. The topological polar surface area (TPSA) is 72.5 Å². The maximum Gasteiger partial charge on any atom is 0.271 e. The molecule has 106 valence electrons. The van der Waals surface area contributed by atoms with Crippen molar-refractivity contribution in [1.82, 2.24) is 20.0 Å². The molecule has 0 spiro atoms. The molecule has 0 aromatic carbocycles. The number of H-pyrrole nitrogens is 1. The summed E-state index contributed by atoms with van der Waals surface area (Å²) in [5.74, 6) is -0.00717. The first-order valence-corrected chi connectivity index (χ1v) is 6.62. The average Bonchev–Trinajstić information content (AvgIpc) is 2.82. The van der Waals surface area contributed by atoms with Crippen molar-refractivity contribution in [3.8, 4) is 0 Å². The number of carbonyl (C=O) groups is 1. The molecule has 1 aliphatic heterocycles. The van der Waals surface area contributed by atoms with Crippen LogP contribution in [0.15, 0.2) is 12.3 Å². The minimum Gasteiger partial charge on any atom is -0.389 e. The Kier molecular flexibility index (Phi) is 3.91. The summed E-state index contributed by atoms with van der Waals surface area (Å²) in [5.41, 5.74) is -0.174. The number of aromatic nitrogens is 2. The molecule has 1 fully saturated rings. The number of β-amino-alcohol motifs (C(OH)–C–C–N with tert-alkyl or cyclic N) is 1. The van der Waals surface area contributed by atoms with Crippen LogP contribution in [0.4, 0.5) is 0 Å². The highest BCUT2D eigenvalue weighted by Crippen LogP contribution is 2.15. The second-order valence-corrected chi connectivity index (χ2v) is 5.85. The van der Waals surface area contributed by atoms with Crippen LogP contribution in [0.25, 0.3) is 0 Å². The standard InChI is InChI=1S/C13H22N4O2/c1-10-8-16(12(18)11-4-5-14-15-11)6-7-17(10)9-13(2,3)19/h4-5,10,19H,6-9H2,1-3H3,(H,14,15)/t10-/m1/s1. The van der Waals surface area contributed by atoms with E-state index in [-0.39, 0.29) is 11.9 Å². The van der Waals surface area contributed by atoms with E-state index in [0.717, 1.165) is 6.54 Å². The Morgan fingerprint density at radius 2 is 2.32 bits per heavy atom. The summed E-state index contributed by atoms with van der Waals surface area (Å²) in [6, 6.07) is 1.93. The molecule has 2 heterocycles. The maximum absolute atomic E-state index is 12.2. The van der Waals surface area contributed by atoms with E-state index in [1.807, 2.05) is 18.7 Å². The van der Waals surface area contributed by atoms with Gasteiger partial charge in [0.1, 0.15) is 5.69 Å². The summed E-state index contributed by atoms with van der Waals surface area (Å²) in [5, 5.41) is 16.4. The van der Waals surface area contributed by atoms with Gasteiger partial charge in [0.05, 0.1) is 5.60 Å². The SMILES string of the molecule is C[C@@H]1CN(C(=O)c2ccn[nH]2)CCN1CC(C)(C)O. The number of nitrogens with one attached hydrogen (secondary N) is 1. The molecule has 0 unspecified atom stereocenters. The number of aliphatic hydroxyl groups is 1. The van der Waals surface area contributed by atoms with Crippen molar-refractivity contribution in [2.45, 2.75) is 32.4 Å². The Morgan fingerprint density at radius 1 is 1.58 bits per heavy atom. The predicted molar refractivity (Wildman–Crippen MR) is 71.8 cm³/mol. The Balaban J connectivity index is 1.95. The number of hydrogen-bond donors (Lipinski definition) is 2. The van der Waals surface area contributed by atoms with E-state index in [2.05, 4.69) is 22.0 Å². The first-order chi connectivity index (χ1) is 8.87. The van der Waals surface area contributed by atoms with Crippen LogP contribution in [0.5, 0.6) is 0 Å². The lowest BCUT2D eigenvalue weighted by atomic mass is 10.1. The molecule has 1 aromatic heterocycles. The van der Waals surface area contributed by atoms with E-state index in [4.69, 9.17) is 0 Å². The van der Waals surface area contributed by atoms with E-state index >= 15 is 0 Å². The highest BCUT2D eigenvalue weighted by Gasteiger charge is 2.30. The van der Waals surface area contributed by atoms with Gasteiger partial charge in [-0.3, -0.25) is 14.8 Å². The van der Waals surface area contributed by atoms with Gasteiger partial charge < -0.3 is 10.0 Å². The second kappa shape index (κ2) is 5.30. The minimum atomic E-state index is -0.705. The minimum absolute atomic E-state index is 0.00717. The van der Waals surface area contributed by atoms with Gasteiger partial charge in [-0.15, -0.1) is 0 Å². The zero-order valence-electron chi connectivity index (χ0n) is 11.8. The molecule has 1 saturated heterocycles. The van der Waals surface area contributed by atoms with E-state index in [0.29, 0.717) is 25.3 Å². The number of hydrogen-bond acceptors (Lipinski definition) is 4. The zero-order chi connectivity index (χ0) is 14.0. The van der Waals surface area contributed by atoms with E-state index in [9.17, 15) is 9.90 Å². The van der Waals surface area contributed by atoms with Crippen LogP contribution >= 0.6 is 0 Å². The number of amides is 1. The number of rotatable bonds is 3. The Morgan fingerprint density at radius 3 is 2.84 bits per heavy atom. The Bertz CT molecular complexity index is 424. The van der Waals surface area contributed by atoms with Crippen LogP contribution in [0.3, 0.4) is 0 Å². The molecule has 0 radical (unpaired) electrons. The van der Waals surface area contributed by atoms with Crippen molar-refractivity contribution < 1.29 is 9.90 Å². The lowest BCUT2D eigenvalue weighted by Gasteiger charge is -2.41. The van der Waals surface area contributed by atoms with Gasteiger partial charge in [0.15, 0.2) is 0 Å². The molecule has 1 amide bonds. The summed E-state index contributed by atoms with van der Waals surface area (Å²) >= 11 is 0. The monoisotopic (exact) mass is 266 g/mol. The third-order valence-electron chi connectivity index (χ3n) is 3.37. The van der Waals surface area contributed by atoms with Gasteiger partial charge in [0.25, 0.3) is 5.91 Å². The summed E-state index contributed by atoms with van der Waals surface area (Å²) < 4.78 is 0. The lowest BCUT2D eigenvalue weighted by molar-refractivity contribution is -0.00155. The van der Waals surface area contributed by atoms with Crippen LogP contribution in [0.1, 0.15) is 31.3 Å². The van der Waals surface area contributed by atoms with E-state index in [1.165, 1.54) is 0 Å². The van der Waals surface area contributed by atoms with Crippen LogP contribution in [-0.4, -0.2) is 68.8 Å². The van der Waals surface area contributed by atoms with Crippen molar-refractivity contribution in [2.75, 3.05) is 26.2 Å². The van der Waals surface area contributed by atoms with Crippen LogP contribution in [0.2, 0.25) is 0 Å². The molecule has 6 nitrogen and oxygen atoms in total. The fraction of sp³-hybridized carbons (Fsp3) is 0.692. The molecule has 1 aliphatic rings. The van der Waals surface area contributed by atoms with Crippen molar-refractivity contribution in [3.05, 3.63) is 18.0 Å². The Hall–Kier alpha value is -1.40. The van der Waals surface area contributed by atoms with Crippen LogP contribution in [0, 0.1) is 0 Å². The summed E-state index contributed by atoms with van der Waals surface area (Å²) in [6.45, 7) is 8.46. The molecule has 1 atom stereocenters. The quantitative estimate of drug-likeness (QED) is 0.827. The number of piperazine rings is 1. The first kappa shape index (κ1) is 14.0. The second-order valence-electron chi connectivity index (χ2n) is 5.85. The predicted octanol–water partition coefficient (Wildman–Crippen LogP) is 0.327. The van der Waals surface area contributed by atoms with Gasteiger partial charge in [0, 0.05) is 38.4 Å². The Labute approximate surface area is 113 Å². The van der Waals surface area contributed by atoms with E-state index in [1.54, 1.807) is 12.3 Å². The maximum atomic E-state index is 12.2. The smallest absolute Gasteiger partial charge is 0.271 e. The molecule has 6 heteroatoms. The summed E-state index contributed by atoms with van der Waals surface area (Å²) in [6.07, 6.45) is 1.58. The number of aromatic amines is 1. The van der Waals surface area contributed by atoms with Crippen LogP contribution in [-0.2, 0) is 0 Å². The van der Waals surface area contributed by atoms with Crippen molar-refractivity contribution in [3.63, 3.8) is 0 Å². The summed E-state index contributed by atoms with van der Waals surface area (Å²) in [7, 11) is 0. The van der Waals surface area contributed by atoms with Gasteiger partial charge in [-0.2, -0.15) is 5.10 Å². The molecule has 1 aromatic rings. The van der Waals surface area contributed by atoms with Crippen LogP contribution < -0.4 is 0 Å². The molecule has 0 bridgehead atoms. The fourth-order valence-electron chi connectivity index (χ4n) is 2.46. The number of nitrogens with zero attached hydrogens (tertiary/aromatic N) is 3. The zero-order valence-corrected chi connectivity index (χ0v) is 11.8. The molecular formula is C13H22N4O2. The molecular weight excluding hydrogens is 244 g/mol. The lowest BCUT2D eigenvalue weighted by Crippen LogP contribution is -2.56. The van der Waals surface area contributed by atoms with Crippen molar-refractivity contribution in [2.24, 2.45) is 0 Å². The van der Waals surface area contributed by atoms with Gasteiger partial charge in [-0.05, 0) is 26.8 Å². The summed E-state index contributed by atoms with van der Waals surface area (Å²) in [4.78, 5) is 16.2. The average molecular weight is 266 g/mol. The van der Waals surface area contributed by atoms with E-state index < -0.39 is 5.60 Å². The third-order valence-corrected chi connectivity index (χ3v) is 3.37. The highest BCUT2D eigenvalue weighted by atomic mass is 16.3. The van der Waals surface area contributed by atoms with Gasteiger partial charge in [0.2, 0.25) is 0 Å². The van der Waals surface area contributed by atoms with Gasteiger partial charge in [-0.25, -0.2) is 0 Å². The van der Waals surface area contributed by atoms with Gasteiger partial charge >= 0.3 is 0 Å². The molecule has 0 saturated carbocycles. The largest absolute Gasteiger partial charge is 0.389 e. The van der Waals surface area contributed by atoms with Crippen molar-refractivity contribution in [1.29, 1.82) is 0 Å². The normalized spacial score (nSPS) is 21.7. The highest BCUT2D eigenvalue weighted by molar-refractivity contribution is 5.92. The van der Waals surface area contributed by atoms with Crippen molar-refractivity contribution >= 4 is 5.91 Å². The molecule has 0 aliphatic carbocycles. The molecule has 19 heavy (non-hydrogen) atoms.